The van der Waals surface area contributed by atoms with Crippen LogP contribution in [0.1, 0.15) is 17.5 Å². The van der Waals surface area contributed by atoms with Crippen molar-refractivity contribution in [2.75, 3.05) is 25.1 Å². The molecule has 0 radical (unpaired) electrons. The summed E-state index contributed by atoms with van der Waals surface area (Å²) in [6.45, 7) is 2.41. The van der Waals surface area contributed by atoms with Crippen molar-refractivity contribution in [2.24, 2.45) is 0 Å². The van der Waals surface area contributed by atoms with Crippen molar-refractivity contribution in [1.29, 1.82) is 0 Å². The highest BCUT2D eigenvalue weighted by Crippen LogP contribution is 2.32. The number of nitrogens with zero attached hydrogens (tertiary/aromatic N) is 4. The van der Waals surface area contributed by atoms with Gasteiger partial charge >= 0.3 is 0 Å². The first-order chi connectivity index (χ1) is 14.2. The number of ether oxygens (including phenoxy) is 1. The summed E-state index contributed by atoms with van der Waals surface area (Å²) in [6, 6.07) is 12.2. The van der Waals surface area contributed by atoms with Gasteiger partial charge in [-0.05, 0) is 36.1 Å². The van der Waals surface area contributed by atoms with Crippen LogP contribution in [0.2, 0.25) is 0 Å². The van der Waals surface area contributed by atoms with Crippen LogP contribution < -0.4 is 9.64 Å². The monoisotopic (exact) mass is 389 g/mol. The number of methoxy groups -OCH3 is 1. The predicted molar refractivity (Wildman–Crippen MR) is 110 cm³/mol. The predicted octanol–water partition coefficient (Wildman–Crippen LogP) is 2.64. The van der Waals surface area contributed by atoms with Gasteiger partial charge in [-0.1, -0.05) is 24.3 Å². The van der Waals surface area contributed by atoms with Gasteiger partial charge in [-0.25, -0.2) is 0 Å². The molecule has 2 aliphatic rings. The summed E-state index contributed by atoms with van der Waals surface area (Å²) in [7, 11) is 1.59. The summed E-state index contributed by atoms with van der Waals surface area (Å²) < 4.78 is 5.49. The van der Waals surface area contributed by atoms with E-state index in [1.54, 1.807) is 24.4 Å². The second-order valence-corrected chi connectivity index (χ2v) is 7.50. The van der Waals surface area contributed by atoms with Crippen molar-refractivity contribution < 1.29 is 9.53 Å². The number of rotatable bonds is 4. The van der Waals surface area contributed by atoms with E-state index in [0.717, 1.165) is 37.1 Å². The van der Waals surface area contributed by atoms with Gasteiger partial charge in [0.2, 0.25) is 11.8 Å². The zero-order valence-corrected chi connectivity index (χ0v) is 16.3. The molecule has 2 aliphatic heterocycles. The van der Waals surface area contributed by atoms with Crippen molar-refractivity contribution >= 4 is 11.7 Å². The van der Waals surface area contributed by atoms with Crippen LogP contribution in [0.25, 0.3) is 11.1 Å². The second-order valence-electron chi connectivity index (χ2n) is 7.50. The van der Waals surface area contributed by atoms with E-state index in [4.69, 9.17) is 4.74 Å². The maximum Gasteiger partial charge on any atom is 0.245 e. The molecule has 4 heterocycles. The van der Waals surface area contributed by atoms with Crippen LogP contribution in [0.3, 0.4) is 0 Å². The molecule has 0 saturated carbocycles. The number of carbonyl (C=O) groups excluding carboxylic acids is 1. The number of aromatic nitrogens is 3. The molecule has 7 heteroatoms. The van der Waals surface area contributed by atoms with Crippen LogP contribution in [-0.4, -0.2) is 52.2 Å². The number of hydrogen-bond donors (Lipinski definition) is 1. The zero-order valence-electron chi connectivity index (χ0n) is 16.3. The number of fused-ring (bicyclic) bond motifs is 1. The summed E-state index contributed by atoms with van der Waals surface area (Å²) in [4.78, 5) is 21.9. The van der Waals surface area contributed by atoms with Crippen molar-refractivity contribution in [3.05, 3.63) is 59.9 Å². The molecule has 5 rings (SSSR count). The van der Waals surface area contributed by atoms with E-state index >= 15 is 0 Å². The van der Waals surface area contributed by atoms with Gasteiger partial charge in [0.05, 0.1) is 19.3 Å². The average molecular weight is 389 g/mol. The largest absolute Gasteiger partial charge is 0.480 e. The van der Waals surface area contributed by atoms with Gasteiger partial charge in [-0.15, -0.1) is 0 Å². The third kappa shape index (κ3) is 3.17. The average Bonchev–Trinajstić information content (AvgIpc) is 3.43. The van der Waals surface area contributed by atoms with Gasteiger partial charge in [0.15, 0.2) is 0 Å². The molecule has 7 nitrogen and oxygen atoms in total. The van der Waals surface area contributed by atoms with Crippen LogP contribution in [0.4, 0.5) is 5.82 Å². The normalized spacial score (nSPS) is 19.4. The molecule has 0 spiro atoms. The topological polar surface area (TPSA) is 74.3 Å². The quantitative estimate of drug-likeness (QED) is 0.743. The van der Waals surface area contributed by atoms with E-state index in [1.165, 1.54) is 11.1 Å². The standard InChI is InChI=1S/C22H23N5O2/c1-29-21-18(17-12-23-24-13-17)6-7-20(25-21)27-11-9-19(22(27)28)26-10-8-15-4-2-3-5-16(15)14-26/h2-7,12-13,19H,8-11,14H2,1H3,(H,23,24). The molecule has 1 atom stereocenters. The first kappa shape index (κ1) is 17.9. The molecular weight excluding hydrogens is 366 g/mol. The van der Waals surface area contributed by atoms with Gasteiger partial charge in [0.1, 0.15) is 5.82 Å². The number of pyridine rings is 1. The van der Waals surface area contributed by atoms with Gasteiger partial charge in [-0.2, -0.15) is 10.1 Å². The van der Waals surface area contributed by atoms with E-state index < -0.39 is 0 Å². The summed E-state index contributed by atoms with van der Waals surface area (Å²) >= 11 is 0. The highest BCUT2D eigenvalue weighted by atomic mass is 16.5. The minimum absolute atomic E-state index is 0.0929. The van der Waals surface area contributed by atoms with E-state index in [9.17, 15) is 4.79 Å². The Morgan fingerprint density at radius 3 is 2.79 bits per heavy atom. The van der Waals surface area contributed by atoms with Gasteiger partial charge < -0.3 is 4.74 Å². The highest BCUT2D eigenvalue weighted by Gasteiger charge is 2.38. The highest BCUT2D eigenvalue weighted by molar-refractivity contribution is 5.99. The van der Waals surface area contributed by atoms with E-state index in [1.807, 2.05) is 12.1 Å². The smallest absolute Gasteiger partial charge is 0.245 e. The molecule has 1 aromatic carbocycles. The number of aromatic amines is 1. The lowest BCUT2D eigenvalue weighted by molar-refractivity contribution is -0.122. The van der Waals surface area contributed by atoms with Gasteiger partial charge in [-0.3, -0.25) is 19.7 Å². The van der Waals surface area contributed by atoms with Crippen molar-refractivity contribution in [3.63, 3.8) is 0 Å². The van der Waals surface area contributed by atoms with Crippen molar-refractivity contribution in [2.45, 2.75) is 25.4 Å². The van der Waals surface area contributed by atoms with E-state index in [0.29, 0.717) is 18.2 Å². The maximum atomic E-state index is 13.2. The van der Waals surface area contributed by atoms with E-state index in [2.05, 4.69) is 44.3 Å². The Hall–Kier alpha value is -3.19. The zero-order chi connectivity index (χ0) is 19.8. The maximum absolute atomic E-state index is 13.2. The third-order valence-corrected chi connectivity index (χ3v) is 5.90. The molecule has 1 unspecified atom stereocenters. The SMILES string of the molecule is COc1nc(N2CCC(N3CCc4ccccc4C3)C2=O)ccc1-c1cn[nH]c1. The Balaban J connectivity index is 1.36. The Morgan fingerprint density at radius 2 is 2.00 bits per heavy atom. The molecule has 1 saturated heterocycles. The summed E-state index contributed by atoms with van der Waals surface area (Å²) in [5.41, 5.74) is 4.47. The fraction of sp³-hybridized carbons (Fsp3) is 0.318. The third-order valence-electron chi connectivity index (χ3n) is 5.90. The summed E-state index contributed by atoms with van der Waals surface area (Å²) in [5, 5.41) is 6.79. The number of benzene rings is 1. The minimum Gasteiger partial charge on any atom is -0.480 e. The molecule has 148 valence electrons. The van der Waals surface area contributed by atoms with E-state index in [-0.39, 0.29) is 11.9 Å². The number of hydrogen-bond acceptors (Lipinski definition) is 5. The Bertz CT molecular complexity index is 1030. The molecule has 1 N–H and O–H groups in total. The first-order valence-electron chi connectivity index (χ1n) is 9.91. The molecule has 2 aromatic heterocycles. The van der Waals surface area contributed by atoms with Crippen LogP contribution in [-0.2, 0) is 17.8 Å². The number of anilines is 1. The number of amides is 1. The Morgan fingerprint density at radius 1 is 1.14 bits per heavy atom. The molecular formula is C22H23N5O2. The molecule has 1 fully saturated rings. The summed E-state index contributed by atoms with van der Waals surface area (Å²) in [6.07, 6.45) is 5.33. The first-order valence-corrected chi connectivity index (χ1v) is 9.91. The minimum atomic E-state index is -0.0929. The second kappa shape index (κ2) is 7.33. The molecule has 29 heavy (non-hydrogen) atoms. The van der Waals surface area contributed by atoms with Crippen LogP contribution in [0, 0.1) is 0 Å². The fourth-order valence-corrected chi connectivity index (χ4v) is 4.37. The van der Waals surface area contributed by atoms with Crippen LogP contribution in [0.5, 0.6) is 5.88 Å². The van der Waals surface area contributed by atoms with Crippen molar-refractivity contribution in [3.8, 4) is 17.0 Å². The van der Waals surface area contributed by atoms with Crippen LogP contribution >= 0.6 is 0 Å². The molecule has 3 aromatic rings. The van der Waals surface area contributed by atoms with Gasteiger partial charge in [0, 0.05) is 37.0 Å². The lowest BCUT2D eigenvalue weighted by Gasteiger charge is -2.32. The number of nitrogens with one attached hydrogen (secondary N) is 1. The van der Waals surface area contributed by atoms with Gasteiger partial charge in [0.25, 0.3) is 0 Å². The van der Waals surface area contributed by atoms with Crippen LogP contribution in [0.15, 0.2) is 48.8 Å². The molecule has 1 amide bonds. The Labute approximate surface area is 169 Å². The number of H-pyrrole nitrogens is 1. The number of carbonyl (C=O) groups is 1. The Kier molecular flexibility index (Phi) is 4.52. The van der Waals surface area contributed by atoms with Crippen molar-refractivity contribution in [1.82, 2.24) is 20.1 Å². The lowest BCUT2D eigenvalue weighted by atomic mass is 9.98. The molecule has 0 bridgehead atoms. The molecule has 0 aliphatic carbocycles. The summed E-state index contributed by atoms with van der Waals surface area (Å²) in [5.74, 6) is 1.25. The fourth-order valence-electron chi connectivity index (χ4n) is 4.37. The lowest BCUT2D eigenvalue weighted by Crippen LogP contribution is -2.44.